The Kier molecular flexibility index (Phi) is 5.77. The van der Waals surface area contributed by atoms with E-state index in [1.165, 1.54) is 12.8 Å². The van der Waals surface area contributed by atoms with Crippen molar-refractivity contribution in [3.8, 4) is 0 Å². The van der Waals surface area contributed by atoms with Crippen LogP contribution in [0.25, 0.3) is 0 Å². The van der Waals surface area contributed by atoms with Gasteiger partial charge < -0.3 is 4.84 Å². The summed E-state index contributed by atoms with van der Waals surface area (Å²) in [5.74, 6) is 0. The van der Waals surface area contributed by atoms with Gasteiger partial charge in [-0.05, 0) is 6.42 Å². The van der Waals surface area contributed by atoms with E-state index in [4.69, 9.17) is 4.84 Å². The van der Waals surface area contributed by atoms with Gasteiger partial charge in [-0.3, -0.25) is 0 Å². The van der Waals surface area contributed by atoms with Crippen LogP contribution < -0.4 is 0 Å². The fourth-order valence-electron chi connectivity index (χ4n) is 0.665. The fraction of sp³-hybridized carbons (Fsp3) is 0.900. The van der Waals surface area contributed by atoms with Gasteiger partial charge in [0.2, 0.25) is 0 Å². The first-order chi connectivity index (χ1) is 5.56. The van der Waals surface area contributed by atoms with E-state index in [1.54, 1.807) is 0 Å². The van der Waals surface area contributed by atoms with Crippen molar-refractivity contribution in [3.63, 3.8) is 0 Å². The molecule has 0 heterocycles. The van der Waals surface area contributed by atoms with Crippen molar-refractivity contribution in [2.45, 2.75) is 47.0 Å². The highest BCUT2D eigenvalue weighted by atomic mass is 16.6. The molecule has 0 rings (SSSR count). The van der Waals surface area contributed by atoms with Crippen LogP contribution in [0, 0.1) is 5.41 Å². The Morgan fingerprint density at radius 2 is 1.92 bits per heavy atom. The number of oxime groups is 1. The average molecular weight is 171 g/mol. The number of hydrogen-bond acceptors (Lipinski definition) is 2. The van der Waals surface area contributed by atoms with Gasteiger partial charge in [0.1, 0.15) is 6.61 Å². The lowest BCUT2D eigenvalue weighted by Gasteiger charge is -2.09. The van der Waals surface area contributed by atoms with Gasteiger partial charge in [-0.15, -0.1) is 0 Å². The second-order valence-electron chi connectivity index (χ2n) is 4.14. The van der Waals surface area contributed by atoms with Crippen LogP contribution in [0.3, 0.4) is 0 Å². The lowest BCUT2D eigenvalue weighted by atomic mass is 10.00. The van der Waals surface area contributed by atoms with Crippen molar-refractivity contribution < 1.29 is 4.84 Å². The molecule has 0 spiro atoms. The van der Waals surface area contributed by atoms with E-state index < -0.39 is 0 Å². The van der Waals surface area contributed by atoms with Gasteiger partial charge in [-0.25, -0.2) is 0 Å². The predicted octanol–water partition coefficient (Wildman–Crippen LogP) is 3.23. The standard InChI is InChI=1S/C10H21NO/c1-5-6-7-8-12-11-9-10(2,3)4/h9H,5-8H2,1-4H3. The van der Waals surface area contributed by atoms with Crippen LogP contribution in [0.5, 0.6) is 0 Å². The maximum atomic E-state index is 5.08. The molecule has 72 valence electrons. The molecule has 2 heteroatoms. The predicted molar refractivity (Wildman–Crippen MR) is 53.4 cm³/mol. The summed E-state index contributed by atoms with van der Waals surface area (Å²) in [5, 5.41) is 3.89. The molecule has 0 N–H and O–H groups in total. The van der Waals surface area contributed by atoms with Crippen molar-refractivity contribution in [1.29, 1.82) is 0 Å². The summed E-state index contributed by atoms with van der Waals surface area (Å²) in [4.78, 5) is 5.08. The summed E-state index contributed by atoms with van der Waals surface area (Å²) in [6.45, 7) is 9.24. The van der Waals surface area contributed by atoms with Crippen molar-refractivity contribution >= 4 is 6.21 Å². The number of hydrogen-bond donors (Lipinski definition) is 0. The third-order valence-corrected chi connectivity index (χ3v) is 1.35. The topological polar surface area (TPSA) is 21.6 Å². The molecule has 0 fully saturated rings. The minimum absolute atomic E-state index is 0.130. The first kappa shape index (κ1) is 11.5. The van der Waals surface area contributed by atoms with Crippen LogP contribution in [0.15, 0.2) is 5.16 Å². The fourth-order valence-corrected chi connectivity index (χ4v) is 0.665. The molecule has 12 heavy (non-hydrogen) atoms. The quantitative estimate of drug-likeness (QED) is 0.353. The number of nitrogens with zero attached hydrogens (tertiary/aromatic N) is 1. The Morgan fingerprint density at radius 1 is 1.25 bits per heavy atom. The summed E-state index contributed by atoms with van der Waals surface area (Å²) in [6, 6.07) is 0. The third-order valence-electron chi connectivity index (χ3n) is 1.35. The van der Waals surface area contributed by atoms with Crippen LogP contribution in [0.1, 0.15) is 47.0 Å². The smallest absolute Gasteiger partial charge is 0.117 e. The molecule has 0 aliphatic carbocycles. The Labute approximate surface area is 76.0 Å². The highest BCUT2D eigenvalue weighted by Gasteiger charge is 2.04. The first-order valence-corrected chi connectivity index (χ1v) is 4.73. The molecule has 0 radical (unpaired) electrons. The Balaban J connectivity index is 3.25. The molecule has 0 aromatic carbocycles. The second-order valence-corrected chi connectivity index (χ2v) is 4.14. The summed E-state index contributed by atoms with van der Waals surface area (Å²) < 4.78 is 0. The number of unbranched alkanes of at least 4 members (excludes halogenated alkanes) is 2. The van der Waals surface area contributed by atoms with E-state index in [9.17, 15) is 0 Å². The highest BCUT2D eigenvalue weighted by molar-refractivity contribution is 5.63. The Bertz CT molecular complexity index is 124. The Morgan fingerprint density at radius 3 is 2.42 bits per heavy atom. The lowest BCUT2D eigenvalue weighted by Crippen LogP contribution is -2.06. The zero-order valence-corrected chi connectivity index (χ0v) is 8.76. The van der Waals surface area contributed by atoms with Crippen molar-refractivity contribution in [2.24, 2.45) is 10.6 Å². The lowest BCUT2D eigenvalue weighted by molar-refractivity contribution is 0.139. The molecule has 0 bridgehead atoms. The summed E-state index contributed by atoms with van der Waals surface area (Å²) in [6.07, 6.45) is 5.41. The molecule has 0 aliphatic rings. The minimum atomic E-state index is 0.130. The van der Waals surface area contributed by atoms with E-state index >= 15 is 0 Å². The molecule has 0 atom stereocenters. The third kappa shape index (κ3) is 9.47. The van der Waals surface area contributed by atoms with Crippen molar-refractivity contribution in [3.05, 3.63) is 0 Å². The van der Waals surface area contributed by atoms with E-state index in [-0.39, 0.29) is 5.41 Å². The molecule has 0 aliphatic heterocycles. The molecule has 2 nitrogen and oxygen atoms in total. The van der Waals surface area contributed by atoms with Crippen molar-refractivity contribution in [2.75, 3.05) is 6.61 Å². The molecule has 0 amide bonds. The van der Waals surface area contributed by atoms with Gasteiger partial charge >= 0.3 is 0 Å². The Hall–Kier alpha value is -0.530. The molecular formula is C10H21NO. The van der Waals surface area contributed by atoms with Crippen LogP contribution in [0.2, 0.25) is 0 Å². The minimum Gasteiger partial charge on any atom is -0.396 e. The van der Waals surface area contributed by atoms with Gasteiger partial charge in [0.25, 0.3) is 0 Å². The molecule has 0 aromatic heterocycles. The van der Waals surface area contributed by atoms with Gasteiger partial charge in [0.05, 0.1) is 0 Å². The molecule has 0 saturated heterocycles. The van der Waals surface area contributed by atoms with Gasteiger partial charge in [0.15, 0.2) is 0 Å². The number of rotatable bonds is 5. The summed E-state index contributed by atoms with van der Waals surface area (Å²) >= 11 is 0. The zero-order chi connectivity index (χ0) is 9.45. The average Bonchev–Trinajstić information content (AvgIpc) is 1.94. The van der Waals surface area contributed by atoms with E-state index in [0.29, 0.717) is 0 Å². The van der Waals surface area contributed by atoms with E-state index in [2.05, 4.69) is 32.9 Å². The SMILES string of the molecule is CCCCCON=CC(C)(C)C. The zero-order valence-electron chi connectivity index (χ0n) is 8.76. The molecule has 0 saturated carbocycles. The summed E-state index contributed by atoms with van der Waals surface area (Å²) in [7, 11) is 0. The maximum absolute atomic E-state index is 5.08. The van der Waals surface area contributed by atoms with Crippen LogP contribution in [-0.2, 0) is 4.84 Å². The maximum Gasteiger partial charge on any atom is 0.117 e. The normalized spacial score (nSPS) is 12.3. The molecular weight excluding hydrogens is 150 g/mol. The monoisotopic (exact) mass is 171 g/mol. The molecule has 0 aromatic rings. The van der Waals surface area contributed by atoms with Gasteiger partial charge in [-0.2, -0.15) is 0 Å². The van der Waals surface area contributed by atoms with Crippen LogP contribution in [-0.4, -0.2) is 12.8 Å². The highest BCUT2D eigenvalue weighted by Crippen LogP contribution is 2.08. The van der Waals surface area contributed by atoms with Crippen LogP contribution >= 0.6 is 0 Å². The van der Waals surface area contributed by atoms with Gasteiger partial charge in [0, 0.05) is 11.6 Å². The van der Waals surface area contributed by atoms with Gasteiger partial charge in [-0.1, -0.05) is 45.7 Å². The molecule has 0 unspecified atom stereocenters. The second kappa shape index (κ2) is 6.04. The van der Waals surface area contributed by atoms with Crippen molar-refractivity contribution in [1.82, 2.24) is 0 Å². The van der Waals surface area contributed by atoms with Crippen LogP contribution in [0.4, 0.5) is 0 Å². The van der Waals surface area contributed by atoms with E-state index in [1.807, 2.05) is 6.21 Å². The van der Waals surface area contributed by atoms with E-state index in [0.717, 1.165) is 13.0 Å². The largest absolute Gasteiger partial charge is 0.396 e. The summed E-state index contributed by atoms with van der Waals surface area (Å²) in [5.41, 5.74) is 0.130. The first-order valence-electron chi connectivity index (χ1n) is 4.73.